The van der Waals surface area contributed by atoms with Crippen LogP contribution in [0.1, 0.15) is 505 Å². The first-order chi connectivity index (χ1) is 44.8. The van der Waals surface area contributed by atoms with Crippen LogP contribution in [-0.2, 0) is 14.2 Å². The monoisotopic (exact) mass is 1380 g/mol. The molecule has 0 aliphatic carbocycles. The van der Waals surface area contributed by atoms with Gasteiger partial charge in [-0.2, -0.15) is 0 Å². The predicted octanol–water partition coefficient (Wildman–Crippen LogP) is 33.1. The van der Waals surface area contributed by atoms with Gasteiger partial charge in [0.1, 0.15) is 0 Å². The van der Waals surface area contributed by atoms with Crippen molar-refractivity contribution in [1.29, 1.82) is 0 Å². The number of hydrogen-bond donors (Lipinski definition) is 0. The average molecular weight is 1380 g/mol. The molecule has 3 aliphatic heterocycles. The van der Waals surface area contributed by atoms with Gasteiger partial charge in [-0.05, 0) is 163 Å². The van der Waals surface area contributed by atoms with E-state index in [1.54, 1.807) is 0 Å². The van der Waals surface area contributed by atoms with Gasteiger partial charge in [0, 0.05) is 5.41 Å². The first-order valence-electron chi connectivity index (χ1n) is 43.9. The smallest absolute Gasteiger partial charge is 0.290 e. The third-order valence-electron chi connectivity index (χ3n) is 30.9. The number of hydrogen-bond acceptors (Lipinski definition) is 3. The summed E-state index contributed by atoms with van der Waals surface area (Å²) in [6, 6.07) is 0. The Labute approximate surface area is 620 Å². The molecule has 3 nitrogen and oxygen atoms in total. The molecular formula is C95H188O3. The highest BCUT2D eigenvalue weighted by Gasteiger charge is 2.88. The van der Waals surface area contributed by atoms with Crippen LogP contribution in [0.5, 0.6) is 0 Å². The third kappa shape index (κ3) is 22.3. The van der Waals surface area contributed by atoms with E-state index in [4.69, 9.17) is 0 Å². The van der Waals surface area contributed by atoms with Crippen LogP contribution in [-0.4, -0.2) is 22.8 Å². The topological polar surface area (TPSA) is 27.7 Å². The molecule has 2 bridgehead atoms. The molecule has 6 unspecified atom stereocenters. The number of ether oxygens (including phenoxy) is 3. The van der Waals surface area contributed by atoms with Crippen molar-refractivity contribution in [2.75, 3.05) is 0 Å². The third-order valence-corrected chi connectivity index (χ3v) is 30.9. The Hall–Kier alpha value is -0.120. The van der Waals surface area contributed by atoms with Crippen LogP contribution in [0.3, 0.4) is 0 Å². The van der Waals surface area contributed by atoms with Gasteiger partial charge in [-0.15, -0.1) is 0 Å². The highest BCUT2D eigenvalue weighted by atomic mass is 16.9. The summed E-state index contributed by atoms with van der Waals surface area (Å²) < 4.78 is 28.0. The zero-order valence-corrected chi connectivity index (χ0v) is 74.6. The second-order valence-electron chi connectivity index (χ2n) is 44.0. The maximum Gasteiger partial charge on any atom is 0.290 e. The number of unbranched alkanes of at least 4 members (excludes halogenated alkanes) is 20. The van der Waals surface area contributed by atoms with Crippen LogP contribution < -0.4 is 0 Å². The summed E-state index contributed by atoms with van der Waals surface area (Å²) in [6.07, 6.45) is 52.7. The maximum absolute atomic E-state index is 9.58. The van der Waals surface area contributed by atoms with E-state index in [0.29, 0.717) is 33.5 Å². The SMILES string of the molecule is CCCCCCC(C)(C(C)(C)C(C)(C)C)C(C)(C)C(C)(C)C(C)(C)C(C)(C)C12OC(C)(C(CCCCC)CCCCCC(C)(C)C)C(C)(C(C)(C(CCCCC)CCCCCC(C)(C)C)O1)C(CCCCCC)(C(CCCCC)(CCCCCC(C)(C)C)CCCCCC(C)(C)C)O2. The fourth-order valence-corrected chi connectivity index (χ4v) is 21.0. The van der Waals surface area contributed by atoms with Gasteiger partial charge in [0.25, 0.3) is 5.97 Å². The number of fused-ring (bicyclic) bond motifs is 3. The molecular weight excluding hydrogens is 1190 g/mol. The van der Waals surface area contributed by atoms with Gasteiger partial charge >= 0.3 is 0 Å². The van der Waals surface area contributed by atoms with Crippen molar-refractivity contribution in [3.8, 4) is 0 Å². The highest BCUT2D eigenvalue weighted by molar-refractivity contribution is 5.30. The van der Waals surface area contributed by atoms with Crippen molar-refractivity contribution in [1.82, 2.24) is 0 Å². The molecule has 0 saturated carbocycles. The van der Waals surface area contributed by atoms with Gasteiger partial charge in [-0.3, -0.25) is 0 Å². The van der Waals surface area contributed by atoms with Crippen LogP contribution in [0.2, 0.25) is 0 Å². The molecule has 0 amide bonds. The Kier molecular flexibility index (Phi) is 36.5. The lowest BCUT2D eigenvalue weighted by Crippen LogP contribution is -2.91. The lowest BCUT2D eigenvalue weighted by atomic mass is 9.35. The Balaban J connectivity index is 3.89. The standard InChI is InChI=1S/C95H188O3/c1-35-40-45-60-72-89(31,84(21,22)83(18,19)20)87(27,28)85(23,24)86(25,26)88(29,30)95-96-90(32,77(64-51-42-37-3)66-53-47-56-68-79(6,7)8)92(34,91(33,97-95)78(65-52-43-38-4)67-54-48-57-69-80(9,10)11)94(98-95,76-63-46-41-36-2)93(73-55-44-39-5,74-61-49-58-70-81(12,13)14)75-62-50-59-71-82(15,16)17/h77-78H,35-76H2,1-34H3. The van der Waals surface area contributed by atoms with Crippen molar-refractivity contribution in [2.45, 2.75) is 528 Å². The molecule has 6 atom stereocenters. The van der Waals surface area contributed by atoms with Crippen LogP contribution in [0.25, 0.3) is 0 Å². The van der Waals surface area contributed by atoms with Crippen molar-refractivity contribution in [3.63, 3.8) is 0 Å². The molecule has 3 heteroatoms. The minimum atomic E-state index is -1.37. The minimum Gasteiger partial charge on any atom is -0.319 e. The summed E-state index contributed by atoms with van der Waals surface area (Å²) in [5.41, 5.74) is -2.47. The van der Waals surface area contributed by atoms with E-state index in [0.717, 1.165) is 6.42 Å². The zero-order chi connectivity index (χ0) is 75.5. The van der Waals surface area contributed by atoms with E-state index in [1.807, 2.05) is 0 Å². The Bertz CT molecular complexity index is 2090. The molecule has 3 heterocycles. The van der Waals surface area contributed by atoms with E-state index < -0.39 is 39.0 Å². The number of rotatable bonds is 51. The van der Waals surface area contributed by atoms with Gasteiger partial charge in [0.15, 0.2) is 0 Å². The van der Waals surface area contributed by atoms with E-state index >= 15 is 0 Å². The van der Waals surface area contributed by atoms with Gasteiger partial charge in [0.2, 0.25) is 0 Å². The van der Waals surface area contributed by atoms with E-state index in [-0.39, 0.29) is 32.5 Å². The van der Waals surface area contributed by atoms with Gasteiger partial charge in [-0.1, -0.05) is 408 Å². The molecule has 3 aliphatic rings. The molecule has 0 spiro atoms. The van der Waals surface area contributed by atoms with E-state index in [2.05, 4.69) is 235 Å². The summed E-state index contributed by atoms with van der Waals surface area (Å²) in [4.78, 5) is 0. The first-order valence-corrected chi connectivity index (χ1v) is 43.9. The Morgan fingerprint density at radius 2 is 0.541 bits per heavy atom. The highest BCUT2D eigenvalue weighted by Crippen LogP contribution is 2.81. The van der Waals surface area contributed by atoms with Crippen LogP contribution in [0.15, 0.2) is 0 Å². The van der Waals surface area contributed by atoms with Crippen LogP contribution in [0.4, 0.5) is 0 Å². The molecule has 3 rings (SSSR count). The second kappa shape index (κ2) is 38.1. The summed E-state index contributed by atoms with van der Waals surface area (Å²) in [7, 11) is 0. The van der Waals surface area contributed by atoms with Crippen molar-refractivity contribution < 1.29 is 14.2 Å². The zero-order valence-electron chi connectivity index (χ0n) is 74.6. The lowest BCUT2D eigenvalue weighted by Gasteiger charge is -2.83. The van der Waals surface area contributed by atoms with Crippen molar-refractivity contribution in [2.24, 2.45) is 82.2 Å². The van der Waals surface area contributed by atoms with Crippen molar-refractivity contribution in [3.05, 3.63) is 0 Å². The van der Waals surface area contributed by atoms with E-state index in [9.17, 15) is 14.2 Å². The molecule has 586 valence electrons. The minimum absolute atomic E-state index is 0.00626. The summed E-state index contributed by atoms with van der Waals surface area (Å²) in [6.45, 7) is 87.9. The maximum atomic E-state index is 9.58. The van der Waals surface area contributed by atoms with Gasteiger partial charge in [0.05, 0.1) is 27.6 Å². The molecule has 3 saturated heterocycles. The van der Waals surface area contributed by atoms with Gasteiger partial charge in [-0.25, -0.2) is 0 Å². The molecule has 0 aromatic heterocycles. The Morgan fingerprint density at radius 1 is 0.265 bits per heavy atom. The summed E-state index contributed by atoms with van der Waals surface area (Å²) in [5, 5.41) is 0. The summed E-state index contributed by atoms with van der Waals surface area (Å²) >= 11 is 0. The normalized spacial score (nSPS) is 24.2. The lowest BCUT2D eigenvalue weighted by molar-refractivity contribution is -0.636. The molecule has 0 aromatic carbocycles. The molecule has 98 heavy (non-hydrogen) atoms. The fourth-order valence-electron chi connectivity index (χ4n) is 21.0. The summed E-state index contributed by atoms with van der Waals surface area (Å²) in [5.74, 6) is -0.688. The molecule has 3 fully saturated rings. The molecule has 0 aromatic rings. The second-order valence-corrected chi connectivity index (χ2v) is 44.0. The largest absolute Gasteiger partial charge is 0.319 e. The van der Waals surface area contributed by atoms with Crippen molar-refractivity contribution >= 4 is 0 Å². The van der Waals surface area contributed by atoms with E-state index in [1.165, 1.54) is 263 Å². The van der Waals surface area contributed by atoms with Gasteiger partial charge < -0.3 is 14.2 Å². The average Bonchev–Trinajstić information content (AvgIpc) is 0.633. The first kappa shape index (κ1) is 94.0. The Morgan fingerprint density at radius 3 is 0.878 bits per heavy atom. The fraction of sp³-hybridized carbons (Fsp3) is 1.00. The molecule has 0 radical (unpaired) electrons. The predicted molar refractivity (Wildman–Crippen MR) is 440 cm³/mol. The van der Waals surface area contributed by atoms with Crippen LogP contribution >= 0.6 is 0 Å². The quantitative estimate of drug-likeness (QED) is 0.0568. The van der Waals surface area contributed by atoms with Crippen LogP contribution in [0, 0.1) is 82.2 Å². The molecule has 0 N–H and O–H groups in total.